The molecule has 3 rings (SSSR count). The molecule has 0 amide bonds. The molecule has 1 aromatic rings. The van der Waals surface area contributed by atoms with Gasteiger partial charge in [0.2, 0.25) is 0 Å². The first kappa shape index (κ1) is 14.2. The number of rotatable bonds is 2. The average Bonchev–Trinajstić information content (AvgIpc) is 2.47. The number of hydrogen-bond acceptors (Lipinski definition) is 2. The Morgan fingerprint density at radius 2 is 1.90 bits per heavy atom. The molecular formula is C17H25ClN2. The minimum atomic E-state index is 0.834. The maximum Gasteiger partial charge on any atom is 0.0426 e. The van der Waals surface area contributed by atoms with Gasteiger partial charge in [-0.05, 0) is 37.0 Å². The fourth-order valence-electron chi connectivity index (χ4n) is 3.75. The quantitative estimate of drug-likeness (QED) is 0.812. The van der Waals surface area contributed by atoms with Gasteiger partial charge in [0, 0.05) is 42.9 Å². The van der Waals surface area contributed by atoms with Crippen LogP contribution in [0, 0.1) is 5.92 Å². The lowest BCUT2D eigenvalue weighted by Gasteiger charge is -2.42. The number of hydrogen-bond donors (Lipinski definition) is 0. The predicted molar refractivity (Wildman–Crippen MR) is 86.7 cm³/mol. The summed E-state index contributed by atoms with van der Waals surface area (Å²) < 4.78 is 0. The van der Waals surface area contributed by atoms with Crippen molar-refractivity contribution in [2.75, 3.05) is 31.1 Å². The van der Waals surface area contributed by atoms with E-state index >= 15 is 0 Å². The molecule has 2 nitrogen and oxygen atoms in total. The summed E-state index contributed by atoms with van der Waals surface area (Å²) in [4.78, 5) is 5.19. The van der Waals surface area contributed by atoms with Crippen LogP contribution in [-0.2, 0) is 0 Å². The van der Waals surface area contributed by atoms with E-state index in [1.165, 1.54) is 44.5 Å². The highest BCUT2D eigenvalue weighted by Crippen LogP contribution is 2.29. The smallest absolute Gasteiger partial charge is 0.0426 e. The lowest BCUT2D eigenvalue weighted by Crippen LogP contribution is -2.51. The number of halogens is 1. The van der Waals surface area contributed by atoms with Crippen LogP contribution in [0.3, 0.4) is 0 Å². The Bertz CT molecular complexity index is 440. The van der Waals surface area contributed by atoms with E-state index in [4.69, 9.17) is 11.6 Å². The summed E-state index contributed by atoms with van der Waals surface area (Å²) >= 11 is 6.09. The molecular weight excluding hydrogens is 268 g/mol. The Labute approximate surface area is 127 Å². The van der Waals surface area contributed by atoms with E-state index in [0.29, 0.717) is 0 Å². The van der Waals surface area contributed by atoms with Crippen LogP contribution < -0.4 is 4.90 Å². The van der Waals surface area contributed by atoms with E-state index in [0.717, 1.165) is 30.1 Å². The van der Waals surface area contributed by atoms with Gasteiger partial charge < -0.3 is 4.90 Å². The summed E-state index contributed by atoms with van der Waals surface area (Å²) in [6.07, 6.45) is 5.65. The van der Waals surface area contributed by atoms with E-state index in [2.05, 4.69) is 28.9 Å². The molecule has 1 saturated carbocycles. The second kappa shape index (κ2) is 6.36. The largest absolute Gasteiger partial charge is 0.369 e. The Morgan fingerprint density at radius 3 is 2.60 bits per heavy atom. The molecule has 0 spiro atoms. The van der Waals surface area contributed by atoms with Gasteiger partial charge in [0.15, 0.2) is 0 Å². The van der Waals surface area contributed by atoms with Crippen molar-refractivity contribution in [3.05, 3.63) is 29.3 Å². The first-order valence-electron chi connectivity index (χ1n) is 7.97. The van der Waals surface area contributed by atoms with Crippen LogP contribution in [-0.4, -0.2) is 37.1 Å². The molecule has 1 aliphatic carbocycles. The molecule has 0 radical (unpaired) electrons. The zero-order valence-electron chi connectivity index (χ0n) is 12.4. The molecule has 20 heavy (non-hydrogen) atoms. The van der Waals surface area contributed by atoms with Crippen LogP contribution in [0.2, 0.25) is 5.02 Å². The van der Waals surface area contributed by atoms with Crippen molar-refractivity contribution in [3.8, 4) is 0 Å². The van der Waals surface area contributed by atoms with E-state index in [-0.39, 0.29) is 0 Å². The predicted octanol–water partition coefficient (Wildman–Crippen LogP) is 4.04. The zero-order chi connectivity index (χ0) is 13.9. The molecule has 110 valence electrons. The monoisotopic (exact) mass is 292 g/mol. The van der Waals surface area contributed by atoms with Crippen LogP contribution in [0.25, 0.3) is 0 Å². The maximum absolute atomic E-state index is 6.09. The van der Waals surface area contributed by atoms with E-state index in [1.54, 1.807) is 0 Å². The minimum absolute atomic E-state index is 0.834. The molecule has 0 bridgehead atoms. The fraction of sp³-hybridized carbons (Fsp3) is 0.647. The summed E-state index contributed by atoms with van der Waals surface area (Å²) in [6.45, 7) is 7.07. The zero-order valence-corrected chi connectivity index (χ0v) is 13.1. The van der Waals surface area contributed by atoms with Gasteiger partial charge in [0.1, 0.15) is 0 Å². The standard InChI is InChI=1S/C17H25ClN2/c1-14-4-2-6-16(12-14)19-8-10-20(11-9-19)17-7-3-5-15(18)13-17/h3,5,7,13-14,16H,2,4,6,8-12H2,1H3/t14-,16-/m0/s1. The van der Waals surface area contributed by atoms with Gasteiger partial charge in [-0.15, -0.1) is 0 Å². The fourth-order valence-corrected chi connectivity index (χ4v) is 3.94. The van der Waals surface area contributed by atoms with Crippen molar-refractivity contribution >= 4 is 17.3 Å². The third kappa shape index (κ3) is 3.29. The van der Waals surface area contributed by atoms with Gasteiger partial charge in [-0.1, -0.05) is 37.4 Å². The van der Waals surface area contributed by atoms with Crippen molar-refractivity contribution in [1.29, 1.82) is 0 Å². The second-order valence-electron chi connectivity index (χ2n) is 6.43. The topological polar surface area (TPSA) is 6.48 Å². The number of benzene rings is 1. The molecule has 2 aliphatic rings. The van der Waals surface area contributed by atoms with Crippen LogP contribution in [0.1, 0.15) is 32.6 Å². The molecule has 1 saturated heterocycles. The van der Waals surface area contributed by atoms with Crippen LogP contribution >= 0.6 is 11.6 Å². The van der Waals surface area contributed by atoms with E-state index in [1.807, 2.05) is 12.1 Å². The number of piperazine rings is 1. The highest BCUT2D eigenvalue weighted by molar-refractivity contribution is 6.30. The van der Waals surface area contributed by atoms with Crippen molar-refractivity contribution in [1.82, 2.24) is 4.90 Å². The van der Waals surface area contributed by atoms with Crippen molar-refractivity contribution in [3.63, 3.8) is 0 Å². The molecule has 2 atom stereocenters. The van der Waals surface area contributed by atoms with Gasteiger partial charge in [0.25, 0.3) is 0 Å². The molecule has 0 N–H and O–H groups in total. The molecule has 1 heterocycles. The summed E-state index contributed by atoms with van der Waals surface area (Å²) in [7, 11) is 0. The highest BCUT2D eigenvalue weighted by atomic mass is 35.5. The molecule has 2 fully saturated rings. The van der Waals surface area contributed by atoms with Gasteiger partial charge in [-0.25, -0.2) is 0 Å². The summed E-state index contributed by atoms with van der Waals surface area (Å²) in [5, 5.41) is 0.839. The van der Waals surface area contributed by atoms with E-state index < -0.39 is 0 Å². The molecule has 3 heteroatoms. The lowest BCUT2D eigenvalue weighted by molar-refractivity contribution is 0.127. The van der Waals surface area contributed by atoms with Crippen molar-refractivity contribution in [2.45, 2.75) is 38.6 Å². The Kier molecular flexibility index (Phi) is 4.52. The van der Waals surface area contributed by atoms with Crippen molar-refractivity contribution < 1.29 is 0 Å². The summed E-state index contributed by atoms with van der Waals surface area (Å²) in [5.41, 5.74) is 1.27. The minimum Gasteiger partial charge on any atom is -0.369 e. The molecule has 0 unspecified atom stereocenters. The van der Waals surface area contributed by atoms with E-state index in [9.17, 15) is 0 Å². The number of anilines is 1. The van der Waals surface area contributed by atoms with Gasteiger partial charge in [-0.3, -0.25) is 4.90 Å². The third-order valence-corrected chi connectivity index (χ3v) is 5.15. The lowest BCUT2D eigenvalue weighted by atomic mass is 9.86. The summed E-state index contributed by atoms with van der Waals surface area (Å²) in [6, 6.07) is 9.09. The van der Waals surface area contributed by atoms with Crippen LogP contribution in [0.15, 0.2) is 24.3 Å². The molecule has 0 aromatic heterocycles. The van der Waals surface area contributed by atoms with Crippen LogP contribution in [0.4, 0.5) is 5.69 Å². The van der Waals surface area contributed by atoms with Gasteiger partial charge in [-0.2, -0.15) is 0 Å². The normalized spacial score (nSPS) is 28.6. The first-order valence-corrected chi connectivity index (χ1v) is 8.35. The maximum atomic E-state index is 6.09. The first-order chi connectivity index (χ1) is 9.72. The molecule has 1 aliphatic heterocycles. The summed E-state index contributed by atoms with van der Waals surface area (Å²) in [5.74, 6) is 0.916. The third-order valence-electron chi connectivity index (χ3n) is 4.91. The van der Waals surface area contributed by atoms with Crippen molar-refractivity contribution in [2.24, 2.45) is 5.92 Å². The SMILES string of the molecule is C[C@H]1CCC[C@H](N2CCN(c3cccc(Cl)c3)CC2)C1. The highest BCUT2D eigenvalue weighted by Gasteiger charge is 2.27. The molecule has 1 aromatic carbocycles. The van der Waals surface area contributed by atoms with Gasteiger partial charge >= 0.3 is 0 Å². The van der Waals surface area contributed by atoms with Crippen LogP contribution in [0.5, 0.6) is 0 Å². The average molecular weight is 293 g/mol. The Morgan fingerprint density at radius 1 is 1.10 bits per heavy atom. The Hall–Kier alpha value is -0.730. The second-order valence-corrected chi connectivity index (χ2v) is 6.86. The Balaban J connectivity index is 1.56. The van der Waals surface area contributed by atoms with Gasteiger partial charge in [0.05, 0.1) is 0 Å². The number of nitrogens with zero attached hydrogens (tertiary/aromatic N) is 2.